The molecule has 1 fully saturated rings. The molecule has 0 aliphatic carbocycles. The topological polar surface area (TPSA) is 53.3 Å². The van der Waals surface area contributed by atoms with E-state index in [1.807, 2.05) is 59.5 Å². The standard InChI is InChI=1S/C26H23BrN4OS/c1-16-15-18(17(2)30(16)21-11-4-3-9-19(21)27)25-24(20-10-7-8-14-28-20)29-26(33)31(25)22-12-5-6-13-23(22)32/h3-15,24-25,32H,1-2H3,(H,29,33). The molecular formula is C26H23BrN4OS. The molecule has 0 spiro atoms. The van der Waals surface area contributed by atoms with E-state index in [1.54, 1.807) is 12.3 Å². The first kappa shape index (κ1) is 21.7. The Labute approximate surface area is 206 Å². The smallest absolute Gasteiger partial charge is 0.174 e. The average Bonchev–Trinajstić information content (AvgIpc) is 3.30. The first-order chi connectivity index (χ1) is 16.0. The summed E-state index contributed by atoms with van der Waals surface area (Å²) in [6, 6.07) is 23.2. The van der Waals surface area contributed by atoms with Gasteiger partial charge in [-0.05, 0) is 90.0 Å². The van der Waals surface area contributed by atoms with E-state index in [9.17, 15) is 5.11 Å². The van der Waals surface area contributed by atoms with Gasteiger partial charge in [0.15, 0.2) is 5.11 Å². The largest absolute Gasteiger partial charge is 0.506 e. The molecule has 1 aliphatic rings. The summed E-state index contributed by atoms with van der Waals surface area (Å²) in [5.41, 5.74) is 5.99. The minimum Gasteiger partial charge on any atom is -0.506 e. The number of pyridine rings is 1. The third kappa shape index (κ3) is 3.71. The second-order valence-electron chi connectivity index (χ2n) is 8.10. The molecule has 5 rings (SSSR count). The monoisotopic (exact) mass is 518 g/mol. The summed E-state index contributed by atoms with van der Waals surface area (Å²) in [4.78, 5) is 6.64. The molecule has 2 unspecified atom stereocenters. The summed E-state index contributed by atoms with van der Waals surface area (Å²) >= 11 is 9.50. The van der Waals surface area contributed by atoms with Crippen LogP contribution in [0.15, 0.2) is 83.5 Å². The van der Waals surface area contributed by atoms with Gasteiger partial charge in [-0.25, -0.2) is 0 Å². The lowest BCUT2D eigenvalue weighted by molar-refractivity contribution is 0.472. The highest BCUT2D eigenvalue weighted by atomic mass is 79.9. The SMILES string of the molecule is Cc1cc(C2C(c3ccccn3)NC(=S)N2c2ccccc2O)c(C)n1-c1ccccc1Br. The van der Waals surface area contributed by atoms with E-state index in [-0.39, 0.29) is 17.8 Å². The van der Waals surface area contributed by atoms with E-state index < -0.39 is 0 Å². The molecule has 1 aliphatic heterocycles. The number of halogens is 1. The number of para-hydroxylation sites is 3. The molecule has 0 radical (unpaired) electrons. The highest BCUT2D eigenvalue weighted by Crippen LogP contribution is 2.46. The Bertz CT molecular complexity index is 1340. The zero-order valence-corrected chi connectivity index (χ0v) is 20.6. The molecule has 2 aromatic heterocycles. The van der Waals surface area contributed by atoms with Crippen molar-refractivity contribution in [1.29, 1.82) is 0 Å². The van der Waals surface area contributed by atoms with Crippen LogP contribution in [0.5, 0.6) is 5.75 Å². The molecule has 2 atom stereocenters. The van der Waals surface area contributed by atoms with Crippen molar-refractivity contribution < 1.29 is 5.11 Å². The maximum Gasteiger partial charge on any atom is 0.174 e. The van der Waals surface area contributed by atoms with Gasteiger partial charge in [0.1, 0.15) is 5.75 Å². The number of thiocarbonyl (C=S) groups is 1. The van der Waals surface area contributed by atoms with Gasteiger partial charge >= 0.3 is 0 Å². The Kier molecular flexibility index (Phi) is 5.68. The van der Waals surface area contributed by atoms with Crippen molar-refractivity contribution in [2.75, 3.05) is 4.90 Å². The van der Waals surface area contributed by atoms with E-state index in [2.05, 4.69) is 56.8 Å². The van der Waals surface area contributed by atoms with Gasteiger partial charge in [-0.3, -0.25) is 4.98 Å². The summed E-state index contributed by atoms with van der Waals surface area (Å²) in [6.45, 7) is 4.23. The summed E-state index contributed by atoms with van der Waals surface area (Å²) in [5.74, 6) is 0.188. The van der Waals surface area contributed by atoms with E-state index in [0.29, 0.717) is 10.8 Å². The maximum absolute atomic E-state index is 10.7. The van der Waals surface area contributed by atoms with Gasteiger partial charge in [0, 0.05) is 22.1 Å². The lowest BCUT2D eigenvalue weighted by Gasteiger charge is -2.28. The van der Waals surface area contributed by atoms with Crippen LogP contribution in [0.3, 0.4) is 0 Å². The third-order valence-corrected chi connectivity index (χ3v) is 7.11. The Hall–Kier alpha value is -3.16. The highest BCUT2D eigenvalue weighted by molar-refractivity contribution is 9.10. The van der Waals surface area contributed by atoms with E-state index >= 15 is 0 Å². The van der Waals surface area contributed by atoms with Crippen molar-refractivity contribution in [1.82, 2.24) is 14.9 Å². The van der Waals surface area contributed by atoms with Crippen molar-refractivity contribution in [2.45, 2.75) is 25.9 Å². The number of hydrogen-bond donors (Lipinski definition) is 2. The van der Waals surface area contributed by atoms with Crippen LogP contribution in [0.25, 0.3) is 5.69 Å². The minimum absolute atomic E-state index is 0.175. The molecule has 0 amide bonds. The van der Waals surface area contributed by atoms with Crippen molar-refractivity contribution >= 4 is 38.9 Å². The summed E-state index contributed by atoms with van der Waals surface area (Å²) < 4.78 is 3.27. The van der Waals surface area contributed by atoms with Crippen LogP contribution in [0.4, 0.5) is 5.69 Å². The summed E-state index contributed by atoms with van der Waals surface area (Å²) in [7, 11) is 0. The van der Waals surface area contributed by atoms with E-state index in [1.165, 1.54) is 0 Å². The van der Waals surface area contributed by atoms with Crippen molar-refractivity contribution in [2.24, 2.45) is 0 Å². The van der Waals surface area contributed by atoms with E-state index in [0.717, 1.165) is 32.8 Å². The number of aromatic nitrogens is 2. The van der Waals surface area contributed by atoms with Gasteiger partial charge in [0.05, 0.1) is 29.2 Å². The predicted octanol–water partition coefficient (Wildman–Crippen LogP) is 6.13. The van der Waals surface area contributed by atoms with Gasteiger partial charge in [-0.15, -0.1) is 0 Å². The fourth-order valence-electron chi connectivity index (χ4n) is 4.69. The normalized spacial score (nSPS) is 17.9. The highest BCUT2D eigenvalue weighted by Gasteiger charge is 2.43. The van der Waals surface area contributed by atoms with Crippen LogP contribution in [0.1, 0.15) is 34.7 Å². The summed E-state index contributed by atoms with van der Waals surface area (Å²) in [6.07, 6.45) is 1.80. The minimum atomic E-state index is -0.192. The molecule has 166 valence electrons. The number of benzene rings is 2. The third-order valence-electron chi connectivity index (χ3n) is 6.12. The maximum atomic E-state index is 10.7. The van der Waals surface area contributed by atoms with Crippen molar-refractivity contribution in [3.63, 3.8) is 0 Å². The molecule has 2 aromatic carbocycles. The van der Waals surface area contributed by atoms with Gasteiger partial charge < -0.3 is 19.9 Å². The van der Waals surface area contributed by atoms with Crippen LogP contribution < -0.4 is 10.2 Å². The quantitative estimate of drug-likeness (QED) is 0.318. The summed E-state index contributed by atoms with van der Waals surface area (Å²) in [5, 5.41) is 14.7. The molecule has 0 bridgehead atoms. The van der Waals surface area contributed by atoms with Gasteiger partial charge in [-0.1, -0.05) is 30.3 Å². The number of phenolic OH excluding ortho intramolecular Hbond substituents is 1. The van der Waals surface area contributed by atoms with Crippen LogP contribution in [-0.4, -0.2) is 19.8 Å². The Morgan fingerprint density at radius 2 is 1.67 bits per heavy atom. The average molecular weight is 519 g/mol. The molecule has 33 heavy (non-hydrogen) atoms. The molecule has 0 saturated carbocycles. The van der Waals surface area contributed by atoms with Crippen LogP contribution in [0.2, 0.25) is 0 Å². The Balaban J connectivity index is 1.71. The number of anilines is 1. The number of nitrogens with zero attached hydrogens (tertiary/aromatic N) is 3. The molecule has 7 heteroatoms. The van der Waals surface area contributed by atoms with Gasteiger partial charge in [0.2, 0.25) is 0 Å². The fourth-order valence-corrected chi connectivity index (χ4v) is 5.49. The second-order valence-corrected chi connectivity index (χ2v) is 9.34. The Morgan fingerprint density at radius 3 is 2.36 bits per heavy atom. The molecule has 2 N–H and O–H groups in total. The van der Waals surface area contributed by atoms with Crippen LogP contribution in [-0.2, 0) is 0 Å². The molecule has 1 saturated heterocycles. The molecule has 4 aromatic rings. The van der Waals surface area contributed by atoms with Gasteiger partial charge in [0.25, 0.3) is 0 Å². The molecule has 3 heterocycles. The van der Waals surface area contributed by atoms with Crippen LogP contribution >= 0.6 is 28.1 Å². The zero-order chi connectivity index (χ0) is 23.1. The lowest BCUT2D eigenvalue weighted by Crippen LogP contribution is -2.29. The number of phenols is 1. The first-order valence-electron chi connectivity index (χ1n) is 10.7. The molecule has 5 nitrogen and oxygen atoms in total. The van der Waals surface area contributed by atoms with Crippen LogP contribution in [0, 0.1) is 13.8 Å². The first-order valence-corrected chi connectivity index (χ1v) is 11.9. The number of hydrogen-bond acceptors (Lipinski definition) is 3. The number of aromatic hydroxyl groups is 1. The molecular weight excluding hydrogens is 496 g/mol. The fraction of sp³-hybridized carbons (Fsp3) is 0.154. The number of nitrogens with one attached hydrogen (secondary N) is 1. The number of aryl methyl sites for hydroxylation is 1. The lowest BCUT2D eigenvalue weighted by atomic mass is 9.96. The van der Waals surface area contributed by atoms with Crippen molar-refractivity contribution in [3.8, 4) is 11.4 Å². The van der Waals surface area contributed by atoms with Crippen molar-refractivity contribution in [3.05, 3.63) is 106 Å². The number of rotatable bonds is 4. The zero-order valence-electron chi connectivity index (χ0n) is 18.2. The Morgan fingerprint density at radius 1 is 0.970 bits per heavy atom. The second kappa shape index (κ2) is 8.65. The van der Waals surface area contributed by atoms with Gasteiger partial charge in [-0.2, -0.15) is 0 Å². The van der Waals surface area contributed by atoms with E-state index in [4.69, 9.17) is 12.2 Å². The predicted molar refractivity (Wildman–Crippen MR) is 139 cm³/mol.